The second-order valence-electron chi connectivity index (χ2n) is 7.24. The number of imidazole rings is 1. The van der Waals surface area contributed by atoms with E-state index in [9.17, 15) is 9.59 Å². The Bertz CT molecular complexity index is 1070. The number of benzene rings is 1. The second kappa shape index (κ2) is 8.32. The van der Waals surface area contributed by atoms with Crippen molar-refractivity contribution in [1.29, 1.82) is 0 Å². The summed E-state index contributed by atoms with van der Waals surface area (Å²) in [4.78, 5) is 39.4. The van der Waals surface area contributed by atoms with Gasteiger partial charge in [0.1, 0.15) is 23.8 Å². The van der Waals surface area contributed by atoms with E-state index in [0.29, 0.717) is 37.2 Å². The smallest absolute Gasteiger partial charge is 0.250 e. The maximum Gasteiger partial charge on any atom is 0.250 e. The van der Waals surface area contributed by atoms with Gasteiger partial charge in [-0.2, -0.15) is 0 Å². The molecule has 0 spiro atoms. The maximum atomic E-state index is 12.7. The van der Waals surface area contributed by atoms with Crippen molar-refractivity contribution in [2.24, 2.45) is 11.7 Å². The van der Waals surface area contributed by atoms with Crippen LogP contribution in [-0.4, -0.2) is 44.4 Å². The standard InChI is InChI=1S/C21H23N7O2/c1-14-23-8-11-28(14)19-12-18(24-13-25-19)27-9-6-15(7-10-27)21(30)26-17-5-3-2-4-16(17)20(22)29/h2-5,8,11-13,15H,6-7,9-10H2,1H3,(H2,22,29)(H,26,30). The molecular formula is C21H23N7O2. The summed E-state index contributed by atoms with van der Waals surface area (Å²) in [6, 6.07) is 8.70. The number of primary amides is 1. The van der Waals surface area contributed by atoms with Crippen molar-refractivity contribution in [2.75, 3.05) is 23.3 Å². The van der Waals surface area contributed by atoms with Crippen LogP contribution in [-0.2, 0) is 4.79 Å². The third-order valence-corrected chi connectivity index (χ3v) is 5.35. The van der Waals surface area contributed by atoms with E-state index in [-0.39, 0.29) is 11.8 Å². The van der Waals surface area contributed by atoms with Crippen molar-refractivity contribution in [2.45, 2.75) is 19.8 Å². The van der Waals surface area contributed by atoms with E-state index < -0.39 is 5.91 Å². The van der Waals surface area contributed by atoms with E-state index in [2.05, 4.69) is 25.2 Å². The van der Waals surface area contributed by atoms with Crippen LogP contribution in [0.2, 0.25) is 0 Å². The monoisotopic (exact) mass is 405 g/mol. The molecule has 154 valence electrons. The molecule has 0 unspecified atom stereocenters. The van der Waals surface area contributed by atoms with E-state index >= 15 is 0 Å². The van der Waals surface area contributed by atoms with Crippen LogP contribution in [0.3, 0.4) is 0 Å². The minimum atomic E-state index is -0.562. The van der Waals surface area contributed by atoms with Crippen LogP contribution < -0.4 is 16.0 Å². The number of carbonyl (C=O) groups is 2. The van der Waals surface area contributed by atoms with Gasteiger partial charge in [-0.05, 0) is 31.9 Å². The van der Waals surface area contributed by atoms with Crippen molar-refractivity contribution in [3.8, 4) is 5.82 Å². The molecule has 0 atom stereocenters. The minimum absolute atomic E-state index is 0.0965. The first-order chi connectivity index (χ1) is 14.5. The van der Waals surface area contributed by atoms with Gasteiger partial charge in [-0.1, -0.05) is 12.1 Å². The predicted molar refractivity (Wildman–Crippen MR) is 112 cm³/mol. The highest BCUT2D eigenvalue weighted by Crippen LogP contribution is 2.25. The highest BCUT2D eigenvalue weighted by Gasteiger charge is 2.26. The van der Waals surface area contributed by atoms with Gasteiger partial charge in [0.25, 0.3) is 5.91 Å². The normalized spacial score (nSPS) is 14.5. The molecule has 9 nitrogen and oxygen atoms in total. The van der Waals surface area contributed by atoms with E-state index in [1.807, 2.05) is 23.8 Å². The fourth-order valence-electron chi connectivity index (χ4n) is 3.67. The number of nitrogens with one attached hydrogen (secondary N) is 1. The van der Waals surface area contributed by atoms with Crippen LogP contribution in [0.1, 0.15) is 29.0 Å². The number of para-hydroxylation sites is 1. The molecule has 3 aromatic rings. The van der Waals surface area contributed by atoms with Crippen molar-refractivity contribution in [1.82, 2.24) is 19.5 Å². The first-order valence-electron chi connectivity index (χ1n) is 9.80. The van der Waals surface area contributed by atoms with Crippen LogP contribution in [0.15, 0.2) is 49.1 Å². The zero-order valence-electron chi connectivity index (χ0n) is 16.7. The molecule has 1 aliphatic rings. The molecule has 4 rings (SSSR count). The van der Waals surface area contributed by atoms with E-state index in [1.54, 1.807) is 36.8 Å². The average molecular weight is 405 g/mol. The Kier molecular flexibility index (Phi) is 5.42. The molecule has 0 saturated carbocycles. The van der Waals surface area contributed by atoms with Gasteiger partial charge in [0.2, 0.25) is 5.91 Å². The van der Waals surface area contributed by atoms with Gasteiger partial charge >= 0.3 is 0 Å². The minimum Gasteiger partial charge on any atom is -0.366 e. The number of nitrogens with two attached hydrogens (primary N) is 1. The number of amides is 2. The molecule has 1 saturated heterocycles. The summed E-state index contributed by atoms with van der Waals surface area (Å²) in [7, 11) is 0. The molecule has 1 aliphatic heterocycles. The zero-order valence-corrected chi connectivity index (χ0v) is 16.7. The van der Waals surface area contributed by atoms with E-state index in [1.165, 1.54) is 0 Å². The lowest BCUT2D eigenvalue weighted by Crippen LogP contribution is -2.38. The fourth-order valence-corrected chi connectivity index (χ4v) is 3.67. The van der Waals surface area contributed by atoms with Gasteiger partial charge in [-0.25, -0.2) is 15.0 Å². The number of carbonyl (C=O) groups excluding carboxylic acids is 2. The SMILES string of the molecule is Cc1nccn1-c1cc(N2CCC(C(=O)Nc3ccccc3C(N)=O)CC2)ncn1. The van der Waals surface area contributed by atoms with Crippen LogP contribution in [0.25, 0.3) is 5.82 Å². The highest BCUT2D eigenvalue weighted by atomic mass is 16.2. The van der Waals surface area contributed by atoms with Crippen LogP contribution in [0.5, 0.6) is 0 Å². The molecule has 0 radical (unpaired) electrons. The second-order valence-corrected chi connectivity index (χ2v) is 7.24. The molecule has 3 N–H and O–H groups in total. The van der Waals surface area contributed by atoms with Gasteiger partial charge in [-0.15, -0.1) is 0 Å². The van der Waals surface area contributed by atoms with E-state index in [0.717, 1.165) is 17.5 Å². The Morgan fingerprint density at radius 1 is 1.10 bits per heavy atom. The van der Waals surface area contributed by atoms with E-state index in [4.69, 9.17) is 5.73 Å². The Balaban J connectivity index is 1.40. The van der Waals surface area contributed by atoms with Crippen molar-refractivity contribution < 1.29 is 9.59 Å². The Hall–Kier alpha value is -3.75. The van der Waals surface area contributed by atoms with Gasteiger partial charge in [0, 0.05) is 37.5 Å². The first-order valence-corrected chi connectivity index (χ1v) is 9.80. The number of aromatic nitrogens is 4. The highest BCUT2D eigenvalue weighted by molar-refractivity contribution is 6.03. The number of nitrogens with zero attached hydrogens (tertiary/aromatic N) is 5. The quantitative estimate of drug-likeness (QED) is 0.669. The molecule has 2 aromatic heterocycles. The van der Waals surface area contributed by atoms with Crippen molar-refractivity contribution in [3.63, 3.8) is 0 Å². The summed E-state index contributed by atoms with van der Waals surface area (Å²) >= 11 is 0. The number of piperidine rings is 1. The van der Waals surface area contributed by atoms with Crippen molar-refractivity contribution >= 4 is 23.3 Å². The summed E-state index contributed by atoms with van der Waals surface area (Å²) in [5.74, 6) is 1.64. The Morgan fingerprint density at radius 3 is 2.53 bits per heavy atom. The Morgan fingerprint density at radius 2 is 1.83 bits per heavy atom. The summed E-state index contributed by atoms with van der Waals surface area (Å²) in [5, 5.41) is 2.86. The first kappa shape index (κ1) is 19.6. The molecule has 1 fully saturated rings. The number of aryl methyl sites for hydroxylation is 1. The lowest BCUT2D eigenvalue weighted by Gasteiger charge is -2.32. The van der Waals surface area contributed by atoms with Crippen LogP contribution >= 0.6 is 0 Å². The summed E-state index contributed by atoms with van der Waals surface area (Å²) in [5.41, 5.74) is 6.16. The average Bonchev–Trinajstić information content (AvgIpc) is 3.20. The predicted octanol–water partition coefficient (Wildman–Crippen LogP) is 1.92. The molecule has 2 amide bonds. The third-order valence-electron chi connectivity index (χ3n) is 5.35. The molecule has 9 heteroatoms. The number of hydrogen-bond acceptors (Lipinski definition) is 6. The Labute approximate surface area is 174 Å². The topological polar surface area (TPSA) is 119 Å². The number of anilines is 2. The lowest BCUT2D eigenvalue weighted by atomic mass is 9.95. The molecular weight excluding hydrogens is 382 g/mol. The third kappa shape index (κ3) is 4.00. The molecule has 3 heterocycles. The van der Waals surface area contributed by atoms with Crippen molar-refractivity contribution in [3.05, 3.63) is 60.4 Å². The molecule has 0 bridgehead atoms. The van der Waals surface area contributed by atoms with Gasteiger partial charge in [0.15, 0.2) is 0 Å². The van der Waals surface area contributed by atoms with Gasteiger partial charge < -0.3 is 16.0 Å². The fraction of sp³-hybridized carbons (Fsp3) is 0.286. The number of rotatable bonds is 5. The van der Waals surface area contributed by atoms with Gasteiger partial charge in [0.05, 0.1) is 11.3 Å². The molecule has 0 aliphatic carbocycles. The van der Waals surface area contributed by atoms with Gasteiger partial charge in [-0.3, -0.25) is 14.2 Å². The van der Waals surface area contributed by atoms with Crippen LogP contribution in [0.4, 0.5) is 11.5 Å². The molecule has 30 heavy (non-hydrogen) atoms. The maximum absolute atomic E-state index is 12.7. The summed E-state index contributed by atoms with van der Waals surface area (Å²) in [6.45, 7) is 3.33. The van der Waals surface area contributed by atoms with Crippen LogP contribution in [0, 0.1) is 12.8 Å². The largest absolute Gasteiger partial charge is 0.366 e. The number of hydrogen-bond donors (Lipinski definition) is 2. The lowest BCUT2D eigenvalue weighted by molar-refractivity contribution is -0.120. The summed E-state index contributed by atoms with van der Waals surface area (Å²) < 4.78 is 1.90. The summed E-state index contributed by atoms with van der Waals surface area (Å²) in [6.07, 6.45) is 6.52. The zero-order chi connectivity index (χ0) is 21.1. The molecule has 1 aromatic carbocycles.